The minimum absolute atomic E-state index is 0.567. The number of rotatable bonds is 4. The van der Waals surface area contributed by atoms with Gasteiger partial charge >= 0.3 is 0 Å². The SMILES string of the molecule is CNC1=C(C(N)=Nc2ccc(-c3cccnc3C)cc2)CNCC1. The number of benzene rings is 1. The summed E-state index contributed by atoms with van der Waals surface area (Å²) in [6.07, 6.45) is 2.75. The number of amidine groups is 1. The normalized spacial score (nSPS) is 15.5. The van der Waals surface area contributed by atoms with E-state index in [2.05, 4.69) is 38.8 Å². The number of hydrogen-bond acceptors (Lipinski definition) is 4. The first kappa shape index (κ1) is 16.2. The molecule has 5 nitrogen and oxygen atoms in total. The number of nitrogens with zero attached hydrogens (tertiary/aromatic N) is 2. The summed E-state index contributed by atoms with van der Waals surface area (Å²) in [7, 11) is 1.93. The molecule has 1 aromatic heterocycles. The van der Waals surface area contributed by atoms with Crippen LogP contribution < -0.4 is 16.4 Å². The van der Waals surface area contributed by atoms with Crippen molar-refractivity contribution in [1.82, 2.24) is 15.6 Å². The second-order valence-electron chi connectivity index (χ2n) is 5.81. The smallest absolute Gasteiger partial charge is 0.130 e. The fourth-order valence-corrected chi connectivity index (χ4v) is 2.92. The zero-order chi connectivity index (χ0) is 16.9. The topological polar surface area (TPSA) is 75.3 Å². The number of aromatic nitrogens is 1. The number of nitrogens with two attached hydrogens (primary N) is 1. The molecule has 2 heterocycles. The van der Waals surface area contributed by atoms with E-state index in [-0.39, 0.29) is 0 Å². The zero-order valence-corrected chi connectivity index (χ0v) is 14.1. The molecule has 4 N–H and O–H groups in total. The van der Waals surface area contributed by atoms with E-state index in [9.17, 15) is 0 Å². The van der Waals surface area contributed by atoms with Crippen LogP contribution in [0.2, 0.25) is 0 Å². The van der Waals surface area contributed by atoms with Crippen molar-refractivity contribution in [2.24, 2.45) is 10.7 Å². The lowest BCUT2D eigenvalue weighted by Gasteiger charge is -2.20. The van der Waals surface area contributed by atoms with Crippen molar-refractivity contribution >= 4 is 11.5 Å². The van der Waals surface area contributed by atoms with Gasteiger partial charge in [-0.1, -0.05) is 18.2 Å². The van der Waals surface area contributed by atoms with Crippen molar-refractivity contribution in [3.05, 3.63) is 59.6 Å². The Kier molecular flexibility index (Phi) is 4.91. The third kappa shape index (κ3) is 3.46. The molecule has 1 aromatic carbocycles. The minimum atomic E-state index is 0.567. The van der Waals surface area contributed by atoms with Crippen molar-refractivity contribution in [1.29, 1.82) is 0 Å². The molecule has 0 atom stereocenters. The summed E-state index contributed by atoms with van der Waals surface area (Å²) in [5.41, 5.74) is 12.6. The quantitative estimate of drug-likeness (QED) is 0.597. The molecule has 0 unspecified atom stereocenters. The highest BCUT2D eigenvalue weighted by molar-refractivity contribution is 5.99. The second-order valence-corrected chi connectivity index (χ2v) is 5.81. The Bertz CT molecular complexity index is 775. The molecule has 0 saturated carbocycles. The third-order valence-electron chi connectivity index (χ3n) is 4.26. The van der Waals surface area contributed by atoms with E-state index >= 15 is 0 Å². The number of nitrogens with one attached hydrogen (secondary N) is 2. The number of aliphatic imine (C=N–C) groups is 1. The molecule has 124 valence electrons. The van der Waals surface area contributed by atoms with Gasteiger partial charge < -0.3 is 16.4 Å². The maximum atomic E-state index is 6.22. The van der Waals surface area contributed by atoms with E-state index in [1.165, 1.54) is 0 Å². The molecular weight excluding hydrogens is 298 g/mol. The molecule has 1 aliphatic rings. The highest BCUT2D eigenvalue weighted by atomic mass is 15.0. The maximum Gasteiger partial charge on any atom is 0.130 e. The molecule has 0 amide bonds. The molecule has 0 spiro atoms. The Morgan fingerprint density at radius 2 is 2.04 bits per heavy atom. The van der Waals surface area contributed by atoms with Crippen LogP contribution in [0.15, 0.2) is 58.9 Å². The van der Waals surface area contributed by atoms with Crippen LogP contribution in [0.4, 0.5) is 5.69 Å². The molecule has 3 rings (SSSR count). The Morgan fingerprint density at radius 3 is 2.75 bits per heavy atom. The summed E-state index contributed by atoms with van der Waals surface area (Å²) in [6.45, 7) is 3.73. The molecule has 1 aliphatic heterocycles. The molecule has 0 fully saturated rings. The van der Waals surface area contributed by atoms with Gasteiger partial charge in [-0.25, -0.2) is 4.99 Å². The van der Waals surface area contributed by atoms with Gasteiger partial charge in [-0.05, 0) is 30.7 Å². The molecule has 5 heteroatoms. The van der Waals surface area contributed by atoms with E-state index in [1.807, 2.05) is 38.4 Å². The predicted molar refractivity (Wildman–Crippen MR) is 99.3 cm³/mol. The summed E-state index contributed by atoms with van der Waals surface area (Å²) in [6, 6.07) is 12.1. The number of aryl methyl sites for hydroxylation is 1. The number of pyridine rings is 1. The standard InChI is InChI=1S/C19H23N5/c1-13-16(4-3-10-23-13)14-5-7-15(8-6-14)24-19(20)17-12-22-11-9-18(17)21-2/h3-8,10,21-22H,9,11-12H2,1-2H3,(H2,20,24). The molecular formula is C19H23N5. The second kappa shape index (κ2) is 7.27. The molecule has 0 bridgehead atoms. The van der Waals surface area contributed by atoms with Gasteiger partial charge in [0.25, 0.3) is 0 Å². The van der Waals surface area contributed by atoms with Crippen molar-refractivity contribution in [3.63, 3.8) is 0 Å². The van der Waals surface area contributed by atoms with E-state index in [4.69, 9.17) is 5.73 Å². The van der Waals surface area contributed by atoms with Crippen LogP contribution in [-0.4, -0.2) is 31.0 Å². The Morgan fingerprint density at radius 1 is 1.25 bits per heavy atom. The predicted octanol–water partition coefficient (Wildman–Crippen LogP) is 2.51. The highest BCUT2D eigenvalue weighted by Crippen LogP contribution is 2.24. The van der Waals surface area contributed by atoms with Gasteiger partial charge in [-0.2, -0.15) is 0 Å². The fourth-order valence-electron chi connectivity index (χ4n) is 2.92. The van der Waals surface area contributed by atoms with Crippen molar-refractivity contribution in [2.75, 3.05) is 20.1 Å². The summed E-state index contributed by atoms with van der Waals surface area (Å²) in [5, 5.41) is 6.57. The number of hydrogen-bond donors (Lipinski definition) is 3. The van der Waals surface area contributed by atoms with Crippen molar-refractivity contribution in [3.8, 4) is 11.1 Å². The average molecular weight is 321 g/mol. The molecule has 2 aromatic rings. The Balaban J connectivity index is 1.86. The third-order valence-corrected chi connectivity index (χ3v) is 4.26. The van der Waals surface area contributed by atoms with Gasteiger partial charge in [0, 0.05) is 55.3 Å². The summed E-state index contributed by atoms with van der Waals surface area (Å²) in [5.74, 6) is 0.567. The van der Waals surface area contributed by atoms with Gasteiger partial charge in [0.2, 0.25) is 0 Å². The first-order valence-corrected chi connectivity index (χ1v) is 8.16. The maximum absolute atomic E-state index is 6.22. The molecule has 24 heavy (non-hydrogen) atoms. The van der Waals surface area contributed by atoms with Crippen LogP contribution in [0.1, 0.15) is 12.1 Å². The summed E-state index contributed by atoms with van der Waals surface area (Å²) >= 11 is 0. The van der Waals surface area contributed by atoms with Gasteiger partial charge in [0.15, 0.2) is 0 Å². The monoisotopic (exact) mass is 321 g/mol. The lowest BCUT2D eigenvalue weighted by Crippen LogP contribution is -2.35. The van der Waals surface area contributed by atoms with Gasteiger partial charge in [0.1, 0.15) is 5.84 Å². The largest absolute Gasteiger partial charge is 0.391 e. The van der Waals surface area contributed by atoms with Crippen LogP contribution in [0.5, 0.6) is 0 Å². The fraction of sp³-hybridized carbons (Fsp3) is 0.263. The van der Waals surface area contributed by atoms with Crippen molar-refractivity contribution in [2.45, 2.75) is 13.3 Å². The van der Waals surface area contributed by atoms with E-state index in [1.54, 1.807) is 0 Å². The van der Waals surface area contributed by atoms with Crippen LogP contribution in [0.25, 0.3) is 11.1 Å². The van der Waals surface area contributed by atoms with Crippen LogP contribution in [0.3, 0.4) is 0 Å². The van der Waals surface area contributed by atoms with Crippen LogP contribution in [-0.2, 0) is 0 Å². The Hall–Kier alpha value is -2.66. The summed E-state index contributed by atoms with van der Waals surface area (Å²) < 4.78 is 0. The average Bonchev–Trinajstić information content (AvgIpc) is 2.63. The molecule has 0 aliphatic carbocycles. The van der Waals surface area contributed by atoms with Gasteiger partial charge in [0.05, 0.1) is 5.69 Å². The van der Waals surface area contributed by atoms with Crippen LogP contribution in [0, 0.1) is 6.92 Å². The lowest BCUT2D eigenvalue weighted by molar-refractivity contribution is 0.659. The molecule has 0 radical (unpaired) electrons. The highest BCUT2D eigenvalue weighted by Gasteiger charge is 2.14. The molecule has 0 saturated heterocycles. The first-order chi connectivity index (χ1) is 11.7. The van der Waals surface area contributed by atoms with E-state index in [0.29, 0.717) is 5.84 Å². The van der Waals surface area contributed by atoms with Crippen molar-refractivity contribution < 1.29 is 0 Å². The van der Waals surface area contributed by atoms with E-state index in [0.717, 1.165) is 53.3 Å². The Labute approximate surface area is 142 Å². The first-order valence-electron chi connectivity index (χ1n) is 8.16. The zero-order valence-electron chi connectivity index (χ0n) is 14.1. The van der Waals surface area contributed by atoms with E-state index < -0.39 is 0 Å². The minimum Gasteiger partial charge on any atom is -0.391 e. The lowest BCUT2D eigenvalue weighted by atomic mass is 10.0. The van der Waals surface area contributed by atoms with Crippen LogP contribution >= 0.6 is 0 Å². The summed E-state index contributed by atoms with van der Waals surface area (Å²) in [4.78, 5) is 8.92. The van der Waals surface area contributed by atoms with Gasteiger partial charge in [-0.3, -0.25) is 4.98 Å². The van der Waals surface area contributed by atoms with Gasteiger partial charge in [-0.15, -0.1) is 0 Å².